The van der Waals surface area contributed by atoms with Crippen LogP contribution in [0.15, 0.2) is 18.5 Å². The molecular weight excluding hydrogens is 226 g/mol. The number of nitrogens with one attached hydrogen (secondary N) is 1. The second kappa shape index (κ2) is 4.57. The first-order valence-electron chi connectivity index (χ1n) is 6.57. The van der Waals surface area contributed by atoms with E-state index in [1.807, 2.05) is 23.7 Å². The summed E-state index contributed by atoms with van der Waals surface area (Å²) in [6.07, 6.45) is 8.34. The van der Waals surface area contributed by atoms with Gasteiger partial charge in [-0.3, -0.25) is 0 Å². The van der Waals surface area contributed by atoms with Gasteiger partial charge in [0, 0.05) is 24.5 Å². The highest BCUT2D eigenvalue weighted by atomic mass is 15.2. The smallest absolute Gasteiger partial charge is 0.152 e. The van der Waals surface area contributed by atoms with E-state index in [4.69, 9.17) is 5.73 Å². The number of aromatic nitrogens is 3. The normalized spacial score (nSPS) is 24.3. The summed E-state index contributed by atoms with van der Waals surface area (Å²) < 4.78 is 1.86. The summed E-state index contributed by atoms with van der Waals surface area (Å²) in [5.74, 6) is 0.889. The maximum Gasteiger partial charge on any atom is 0.152 e. The Morgan fingerprint density at radius 2 is 2.22 bits per heavy atom. The van der Waals surface area contributed by atoms with Gasteiger partial charge in [-0.05, 0) is 25.8 Å². The lowest BCUT2D eigenvalue weighted by Crippen LogP contribution is -2.42. The van der Waals surface area contributed by atoms with Gasteiger partial charge in [0.15, 0.2) is 5.82 Å². The van der Waals surface area contributed by atoms with Crippen molar-refractivity contribution in [3.63, 3.8) is 0 Å². The third kappa shape index (κ3) is 2.06. The van der Waals surface area contributed by atoms with Gasteiger partial charge in [0.1, 0.15) is 5.52 Å². The third-order valence-electron chi connectivity index (χ3n) is 3.65. The zero-order valence-corrected chi connectivity index (χ0v) is 10.6. The maximum atomic E-state index is 6.16. The maximum absolute atomic E-state index is 6.16. The summed E-state index contributed by atoms with van der Waals surface area (Å²) in [4.78, 5) is 4.42. The zero-order chi connectivity index (χ0) is 12.5. The van der Waals surface area contributed by atoms with Gasteiger partial charge in [-0.1, -0.05) is 12.8 Å². The van der Waals surface area contributed by atoms with E-state index in [-0.39, 0.29) is 6.04 Å². The standard InChI is InChI=1S/C13H19N5/c1-9-8-12-13(15-6-7-18(12)17-9)16-11-5-3-2-4-10(11)14/h6-8,10-11H,2-5,14H2,1H3,(H,15,16). The number of aryl methyl sites for hydroxylation is 1. The van der Waals surface area contributed by atoms with Crippen molar-refractivity contribution in [2.45, 2.75) is 44.7 Å². The number of nitrogens with zero attached hydrogens (tertiary/aromatic N) is 3. The molecule has 5 nitrogen and oxygen atoms in total. The molecule has 1 saturated carbocycles. The number of hydrogen-bond donors (Lipinski definition) is 2. The van der Waals surface area contributed by atoms with Gasteiger partial charge in [0.05, 0.1) is 5.69 Å². The molecule has 18 heavy (non-hydrogen) atoms. The Labute approximate surface area is 106 Å². The fourth-order valence-electron chi connectivity index (χ4n) is 2.67. The predicted molar refractivity (Wildman–Crippen MR) is 71.6 cm³/mol. The Balaban J connectivity index is 1.89. The van der Waals surface area contributed by atoms with E-state index in [1.54, 1.807) is 6.20 Å². The number of fused-ring (bicyclic) bond motifs is 1. The molecule has 0 bridgehead atoms. The van der Waals surface area contributed by atoms with E-state index in [2.05, 4.69) is 15.4 Å². The van der Waals surface area contributed by atoms with Crippen LogP contribution in [-0.2, 0) is 0 Å². The van der Waals surface area contributed by atoms with Crippen molar-refractivity contribution < 1.29 is 0 Å². The molecule has 0 aliphatic heterocycles. The Bertz CT molecular complexity index is 547. The van der Waals surface area contributed by atoms with Crippen LogP contribution in [0.25, 0.3) is 5.52 Å². The van der Waals surface area contributed by atoms with Crippen LogP contribution in [0.5, 0.6) is 0 Å². The van der Waals surface area contributed by atoms with E-state index in [0.29, 0.717) is 6.04 Å². The summed E-state index contributed by atoms with van der Waals surface area (Å²) in [7, 11) is 0. The van der Waals surface area contributed by atoms with E-state index in [0.717, 1.165) is 29.9 Å². The topological polar surface area (TPSA) is 68.2 Å². The largest absolute Gasteiger partial charge is 0.364 e. The van der Waals surface area contributed by atoms with Gasteiger partial charge >= 0.3 is 0 Å². The van der Waals surface area contributed by atoms with E-state index >= 15 is 0 Å². The van der Waals surface area contributed by atoms with E-state index < -0.39 is 0 Å². The summed E-state index contributed by atoms with van der Waals surface area (Å²) in [5.41, 5.74) is 8.18. The first-order valence-corrected chi connectivity index (χ1v) is 6.57. The minimum atomic E-state index is 0.227. The SMILES string of the molecule is Cc1cc2c(NC3CCCCC3N)nccn2n1. The molecule has 0 aromatic carbocycles. The lowest BCUT2D eigenvalue weighted by atomic mass is 9.91. The summed E-state index contributed by atoms with van der Waals surface area (Å²) in [5, 5.41) is 7.88. The molecule has 5 heteroatoms. The molecule has 3 rings (SSSR count). The van der Waals surface area contributed by atoms with Gasteiger partial charge < -0.3 is 11.1 Å². The van der Waals surface area contributed by atoms with Gasteiger partial charge in [-0.2, -0.15) is 5.10 Å². The number of rotatable bonds is 2. The molecule has 2 aromatic rings. The predicted octanol–water partition coefficient (Wildman–Crippen LogP) is 1.72. The fourth-order valence-corrected chi connectivity index (χ4v) is 2.67. The Hall–Kier alpha value is -1.62. The summed E-state index contributed by atoms with van der Waals surface area (Å²) >= 11 is 0. The molecule has 0 radical (unpaired) electrons. The molecule has 2 unspecified atom stereocenters. The van der Waals surface area contributed by atoms with Gasteiger partial charge in [0.2, 0.25) is 0 Å². The highest BCUT2D eigenvalue weighted by molar-refractivity contribution is 5.68. The molecule has 3 N–H and O–H groups in total. The van der Waals surface area contributed by atoms with Crippen molar-refractivity contribution >= 4 is 11.3 Å². The van der Waals surface area contributed by atoms with Gasteiger partial charge in [-0.25, -0.2) is 9.50 Å². The van der Waals surface area contributed by atoms with Crippen LogP contribution in [0.4, 0.5) is 5.82 Å². The molecule has 2 aromatic heterocycles. The molecule has 1 fully saturated rings. The summed E-state index contributed by atoms with van der Waals surface area (Å²) in [6, 6.07) is 2.60. The number of anilines is 1. The highest BCUT2D eigenvalue weighted by Gasteiger charge is 2.22. The molecule has 0 amide bonds. The molecule has 0 saturated heterocycles. The minimum absolute atomic E-state index is 0.227. The van der Waals surface area contributed by atoms with Crippen molar-refractivity contribution in [3.8, 4) is 0 Å². The van der Waals surface area contributed by atoms with Crippen LogP contribution >= 0.6 is 0 Å². The van der Waals surface area contributed by atoms with E-state index in [1.165, 1.54) is 12.8 Å². The quantitative estimate of drug-likeness (QED) is 0.845. The Morgan fingerprint density at radius 3 is 3.06 bits per heavy atom. The molecule has 2 heterocycles. The zero-order valence-electron chi connectivity index (χ0n) is 10.6. The molecule has 1 aliphatic carbocycles. The molecule has 0 spiro atoms. The van der Waals surface area contributed by atoms with Crippen molar-refractivity contribution in [1.82, 2.24) is 14.6 Å². The van der Waals surface area contributed by atoms with Gasteiger partial charge in [-0.15, -0.1) is 0 Å². The molecular formula is C13H19N5. The summed E-state index contributed by atoms with van der Waals surface area (Å²) in [6.45, 7) is 1.99. The second-order valence-corrected chi connectivity index (χ2v) is 5.09. The van der Waals surface area contributed by atoms with Crippen LogP contribution in [0.2, 0.25) is 0 Å². The fraction of sp³-hybridized carbons (Fsp3) is 0.538. The highest BCUT2D eigenvalue weighted by Crippen LogP contribution is 2.22. The van der Waals surface area contributed by atoms with Crippen molar-refractivity contribution in [3.05, 3.63) is 24.2 Å². The van der Waals surface area contributed by atoms with Crippen LogP contribution in [0.3, 0.4) is 0 Å². The number of nitrogens with two attached hydrogens (primary N) is 1. The lowest BCUT2D eigenvalue weighted by molar-refractivity contribution is 0.403. The first kappa shape index (κ1) is 11.5. The Kier molecular flexibility index (Phi) is 2.91. The molecule has 2 atom stereocenters. The van der Waals surface area contributed by atoms with Crippen LogP contribution in [-0.4, -0.2) is 26.7 Å². The number of hydrogen-bond acceptors (Lipinski definition) is 4. The third-order valence-corrected chi connectivity index (χ3v) is 3.65. The van der Waals surface area contributed by atoms with Crippen molar-refractivity contribution in [1.29, 1.82) is 0 Å². The average Bonchev–Trinajstić information content (AvgIpc) is 2.73. The van der Waals surface area contributed by atoms with Crippen molar-refractivity contribution in [2.75, 3.05) is 5.32 Å². The minimum Gasteiger partial charge on any atom is -0.364 e. The first-order chi connectivity index (χ1) is 8.74. The monoisotopic (exact) mass is 245 g/mol. The lowest BCUT2D eigenvalue weighted by Gasteiger charge is -2.29. The van der Waals surface area contributed by atoms with Crippen LogP contribution in [0.1, 0.15) is 31.4 Å². The molecule has 1 aliphatic rings. The van der Waals surface area contributed by atoms with Crippen LogP contribution in [0, 0.1) is 6.92 Å². The second-order valence-electron chi connectivity index (χ2n) is 5.09. The molecule has 96 valence electrons. The Morgan fingerprint density at radius 1 is 1.39 bits per heavy atom. The van der Waals surface area contributed by atoms with E-state index in [9.17, 15) is 0 Å². The van der Waals surface area contributed by atoms with Gasteiger partial charge in [0.25, 0.3) is 0 Å². The van der Waals surface area contributed by atoms with Crippen molar-refractivity contribution in [2.24, 2.45) is 5.73 Å². The average molecular weight is 245 g/mol. The van der Waals surface area contributed by atoms with Crippen LogP contribution < -0.4 is 11.1 Å².